The van der Waals surface area contributed by atoms with Crippen molar-refractivity contribution in [2.75, 3.05) is 18.1 Å². The van der Waals surface area contributed by atoms with Crippen LogP contribution in [0.5, 0.6) is 5.75 Å². The Bertz CT molecular complexity index is 589. The number of para-hydroxylation sites is 2. The topological polar surface area (TPSA) is 52.3 Å². The Kier molecular flexibility index (Phi) is 4.52. The first kappa shape index (κ1) is 13.5. The Balaban J connectivity index is 1.92. The van der Waals surface area contributed by atoms with Crippen molar-refractivity contribution in [1.82, 2.24) is 0 Å². The minimum atomic E-state index is -1.42. The minimum Gasteiger partial charge on any atom is -0.490 e. The van der Waals surface area contributed by atoms with Gasteiger partial charge in [0.05, 0.1) is 27.1 Å². The third kappa shape index (κ3) is 3.54. The van der Waals surface area contributed by atoms with Gasteiger partial charge in [-0.1, -0.05) is 24.3 Å². The summed E-state index contributed by atoms with van der Waals surface area (Å²) in [7, 11) is -1.42. The Labute approximate surface area is 113 Å². The second-order valence-corrected chi connectivity index (χ2v) is 5.41. The second-order valence-electron chi connectivity index (χ2n) is 3.87. The molecule has 2 aromatic carbocycles. The second kappa shape index (κ2) is 6.33. The molecule has 1 unspecified atom stereocenters. The van der Waals surface area contributed by atoms with Crippen LogP contribution in [0.4, 0.5) is 10.1 Å². The summed E-state index contributed by atoms with van der Waals surface area (Å²) in [6, 6.07) is 13.1. The van der Waals surface area contributed by atoms with Gasteiger partial charge in [-0.05, 0) is 24.3 Å². The molecule has 1 atom stereocenters. The van der Waals surface area contributed by atoms with Crippen molar-refractivity contribution in [3.8, 4) is 5.75 Å². The van der Waals surface area contributed by atoms with Gasteiger partial charge >= 0.3 is 0 Å². The van der Waals surface area contributed by atoms with Crippen molar-refractivity contribution >= 4 is 16.5 Å². The molecule has 0 heterocycles. The van der Waals surface area contributed by atoms with Gasteiger partial charge < -0.3 is 10.5 Å². The zero-order chi connectivity index (χ0) is 13.7. The van der Waals surface area contributed by atoms with E-state index < -0.39 is 16.6 Å². The molecular weight excluding hydrogens is 265 g/mol. The number of nitrogens with two attached hydrogens (primary N) is 1. The van der Waals surface area contributed by atoms with E-state index >= 15 is 0 Å². The molecule has 5 heteroatoms. The van der Waals surface area contributed by atoms with E-state index in [2.05, 4.69) is 0 Å². The fourth-order valence-corrected chi connectivity index (χ4v) is 2.55. The standard InChI is InChI=1S/C14H14FNO2S/c15-11-5-1-4-8-14(11)19(17)10-9-18-13-7-3-2-6-12(13)16/h1-8H,9-10,16H2. The van der Waals surface area contributed by atoms with Crippen molar-refractivity contribution in [2.24, 2.45) is 0 Å². The van der Waals surface area contributed by atoms with Crippen molar-refractivity contribution < 1.29 is 13.3 Å². The van der Waals surface area contributed by atoms with Gasteiger partial charge in [0.25, 0.3) is 0 Å². The van der Waals surface area contributed by atoms with Crippen molar-refractivity contribution in [2.45, 2.75) is 4.90 Å². The molecule has 2 rings (SSSR count). The van der Waals surface area contributed by atoms with Gasteiger partial charge in [-0.3, -0.25) is 4.21 Å². The smallest absolute Gasteiger partial charge is 0.142 e. The first-order valence-corrected chi connectivity index (χ1v) is 7.10. The number of ether oxygens (including phenoxy) is 1. The Morgan fingerprint density at radius 2 is 1.79 bits per heavy atom. The fourth-order valence-electron chi connectivity index (χ4n) is 1.58. The van der Waals surface area contributed by atoms with E-state index in [9.17, 15) is 8.60 Å². The number of benzene rings is 2. The van der Waals surface area contributed by atoms with E-state index in [4.69, 9.17) is 10.5 Å². The van der Waals surface area contributed by atoms with Crippen LogP contribution in [-0.4, -0.2) is 16.6 Å². The SMILES string of the molecule is Nc1ccccc1OCCS(=O)c1ccccc1F. The van der Waals surface area contributed by atoms with E-state index in [1.807, 2.05) is 0 Å². The molecule has 0 radical (unpaired) electrons. The van der Waals surface area contributed by atoms with Crippen LogP contribution in [-0.2, 0) is 10.8 Å². The summed E-state index contributed by atoms with van der Waals surface area (Å²) in [4.78, 5) is 0.201. The lowest BCUT2D eigenvalue weighted by Crippen LogP contribution is -2.10. The number of rotatable bonds is 5. The summed E-state index contributed by atoms with van der Waals surface area (Å²) in [5, 5.41) is 0. The van der Waals surface area contributed by atoms with E-state index in [-0.39, 0.29) is 17.3 Å². The zero-order valence-corrected chi connectivity index (χ0v) is 11.0. The quantitative estimate of drug-likeness (QED) is 0.856. The molecule has 0 fully saturated rings. The molecule has 0 bridgehead atoms. The summed E-state index contributed by atoms with van der Waals surface area (Å²) in [6.45, 7) is 0.217. The lowest BCUT2D eigenvalue weighted by Gasteiger charge is -2.08. The fraction of sp³-hybridized carbons (Fsp3) is 0.143. The van der Waals surface area contributed by atoms with Crippen LogP contribution >= 0.6 is 0 Å². The Morgan fingerprint density at radius 3 is 2.53 bits per heavy atom. The lowest BCUT2D eigenvalue weighted by molar-refractivity contribution is 0.344. The maximum absolute atomic E-state index is 13.4. The van der Waals surface area contributed by atoms with Crippen LogP contribution in [0.1, 0.15) is 0 Å². The lowest BCUT2D eigenvalue weighted by atomic mass is 10.3. The molecule has 0 saturated carbocycles. The summed E-state index contributed by atoms with van der Waals surface area (Å²) in [5.41, 5.74) is 6.24. The Morgan fingerprint density at radius 1 is 1.11 bits per heavy atom. The molecule has 0 aliphatic rings. The average Bonchev–Trinajstić information content (AvgIpc) is 2.41. The summed E-state index contributed by atoms with van der Waals surface area (Å²) >= 11 is 0. The maximum Gasteiger partial charge on any atom is 0.142 e. The van der Waals surface area contributed by atoms with Crippen molar-refractivity contribution in [1.29, 1.82) is 0 Å². The highest BCUT2D eigenvalue weighted by molar-refractivity contribution is 7.85. The number of halogens is 1. The van der Waals surface area contributed by atoms with Gasteiger partial charge in [0, 0.05) is 0 Å². The molecule has 0 saturated heterocycles. The van der Waals surface area contributed by atoms with Gasteiger partial charge in [-0.2, -0.15) is 0 Å². The molecule has 0 amide bonds. The van der Waals surface area contributed by atoms with Crippen molar-refractivity contribution in [3.05, 3.63) is 54.3 Å². The molecule has 100 valence electrons. The number of hydrogen-bond acceptors (Lipinski definition) is 3. The first-order chi connectivity index (χ1) is 9.18. The van der Waals surface area contributed by atoms with Crippen LogP contribution < -0.4 is 10.5 Å². The predicted octanol–water partition coefficient (Wildman–Crippen LogP) is 2.59. The van der Waals surface area contributed by atoms with Gasteiger partial charge in [0.1, 0.15) is 18.2 Å². The van der Waals surface area contributed by atoms with Gasteiger partial charge in [0.15, 0.2) is 0 Å². The molecule has 0 aliphatic carbocycles. The molecule has 0 aliphatic heterocycles. The van der Waals surface area contributed by atoms with E-state index in [1.165, 1.54) is 12.1 Å². The number of nitrogen functional groups attached to an aromatic ring is 1. The molecule has 0 aromatic heterocycles. The van der Waals surface area contributed by atoms with Crippen LogP contribution in [0, 0.1) is 5.82 Å². The van der Waals surface area contributed by atoms with Gasteiger partial charge in [0.2, 0.25) is 0 Å². The summed E-state index contributed by atoms with van der Waals surface area (Å²) < 4.78 is 30.7. The van der Waals surface area contributed by atoms with Gasteiger partial charge in [-0.15, -0.1) is 0 Å². The predicted molar refractivity (Wildman–Crippen MR) is 74.0 cm³/mol. The minimum absolute atomic E-state index is 0.201. The Hall–Kier alpha value is -1.88. The highest BCUT2D eigenvalue weighted by Crippen LogP contribution is 2.20. The summed E-state index contributed by atoms with van der Waals surface area (Å²) in [6.07, 6.45) is 0. The number of hydrogen-bond donors (Lipinski definition) is 1. The first-order valence-electron chi connectivity index (χ1n) is 5.78. The number of anilines is 1. The van der Waals surface area contributed by atoms with Crippen molar-refractivity contribution in [3.63, 3.8) is 0 Å². The third-order valence-corrected chi connectivity index (χ3v) is 3.89. The maximum atomic E-state index is 13.4. The largest absolute Gasteiger partial charge is 0.490 e. The highest BCUT2D eigenvalue weighted by atomic mass is 32.2. The van der Waals surface area contributed by atoms with E-state index in [0.29, 0.717) is 11.4 Å². The normalized spacial score (nSPS) is 12.1. The zero-order valence-electron chi connectivity index (χ0n) is 10.2. The van der Waals surface area contributed by atoms with Crippen LogP contribution in [0.25, 0.3) is 0 Å². The summed E-state index contributed by atoms with van der Waals surface area (Å²) in [5.74, 6) is 0.308. The third-order valence-electron chi connectivity index (χ3n) is 2.53. The molecule has 2 N–H and O–H groups in total. The van der Waals surface area contributed by atoms with Crippen LogP contribution in [0.2, 0.25) is 0 Å². The van der Waals surface area contributed by atoms with Crippen LogP contribution in [0.3, 0.4) is 0 Å². The molecule has 3 nitrogen and oxygen atoms in total. The average molecular weight is 279 g/mol. The highest BCUT2D eigenvalue weighted by Gasteiger charge is 2.09. The van der Waals surface area contributed by atoms with Gasteiger partial charge in [-0.25, -0.2) is 4.39 Å². The molecule has 19 heavy (non-hydrogen) atoms. The molecule has 2 aromatic rings. The van der Waals surface area contributed by atoms with E-state index in [0.717, 1.165) is 0 Å². The molecule has 0 spiro atoms. The van der Waals surface area contributed by atoms with E-state index in [1.54, 1.807) is 36.4 Å². The monoisotopic (exact) mass is 279 g/mol. The van der Waals surface area contributed by atoms with Crippen LogP contribution in [0.15, 0.2) is 53.4 Å². The molecular formula is C14H14FNO2S.